The predicted molar refractivity (Wildman–Crippen MR) is 27.4 cm³/mol. The SMILES string of the molecule is C[N](C)[W+4][N](C)C. The van der Waals surface area contributed by atoms with E-state index in [4.69, 9.17) is 0 Å². The zero-order valence-corrected chi connectivity index (χ0v) is 8.24. The van der Waals surface area contributed by atoms with Crippen molar-refractivity contribution in [2.45, 2.75) is 0 Å². The van der Waals surface area contributed by atoms with Crippen molar-refractivity contribution in [1.29, 1.82) is 0 Å². The summed E-state index contributed by atoms with van der Waals surface area (Å²) in [5, 5.41) is 0. The summed E-state index contributed by atoms with van der Waals surface area (Å²) in [6.07, 6.45) is 0. The first-order valence-electron chi connectivity index (χ1n) is 2.15. The number of rotatable bonds is 2. The maximum absolute atomic E-state index is 2.29. The standard InChI is InChI=1S/2C2H6N.W/c2*1-3-2;/h2*1-2H3;/q2*-1;+6. The quantitative estimate of drug-likeness (QED) is 0.699. The van der Waals surface area contributed by atoms with Crippen LogP contribution in [0.25, 0.3) is 0 Å². The summed E-state index contributed by atoms with van der Waals surface area (Å²) in [6, 6.07) is 0. The summed E-state index contributed by atoms with van der Waals surface area (Å²) in [5.41, 5.74) is 0. The van der Waals surface area contributed by atoms with Gasteiger partial charge in [-0.1, -0.05) is 0 Å². The van der Waals surface area contributed by atoms with Gasteiger partial charge >= 0.3 is 54.2 Å². The van der Waals surface area contributed by atoms with Crippen molar-refractivity contribution >= 4 is 0 Å². The van der Waals surface area contributed by atoms with Crippen LogP contribution in [-0.4, -0.2) is 35.1 Å². The molecule has 0 aliphatic rings. The van der Waals surface area contributed by atoms with Crippen molar-refractivity contribution in [2.24, 2.45) is 0 Å². The molecule has 7 heavy (non-hydrogen) atoms. The van der Waals surface area contributed by atoms with Crippen LogP contribution in [0.1, 0.15) is 0 Å². The van der Waals surface area contributed by atoms with E-state index in [-0.39, 0.29) is 19.1 Å². The molecule has 0 saturated heterocycles. The van der Waals surface area contributed by atoms with Crippen LogP contribution in [0.3, 0.4) is 0 Å². The van der Waals surface area contributed by atoms with Gasteiger partial charge in [0.15, 0.2) is 0 Å². The summed E-state index contributed by atoms with van der Waals surface area (Å²) >= 11 is -0.269. The van der Waals surface area contributed by atoms with E-state index in [1.54, 1.807) is 0 Å². The molecule has 0 aromatic carbocycles. The molecule has 0 aromatic heterocycles. The maximum atomic E-state index is 2.29. The average Bonchev–Trinajstić information content (AvgIpc) is 1.27. The zero-order chi connectivity index (χ0) is 5.86. The summed E-state index contributed by atoms with van der Waals surface area (Å²) < 4.78 is 4.58. The third kappa shape index (κ3) is 6.61. The molecule has 0 amide bonds. The van der Waals surface area contributed by atoms with Gasteiger partial charge in [0, 0.05) is 0 Å². The van der Waals surface area contributed by atoms with Gasteiger partial charge in [0.25, 0.3) is 0 Å². The molecule has 0 spiro atoms. The monoisotopic (exact) mass is 272 g/mol. The third-order valence-corrected chi connectivity index (χ3v) is 2.67. The molecule has 0 fully saturated rings. The molecule has 0 saturated carbocycles. The molecule has 0 unspecified atom stereocenters. The molecular formula is C4H12N2W+4. The Balaban J connectivity index is 2.95. The third-order valence-electron chi connectivity index (χ3n) is 0.327. The van der Waals surface area contributed by atoms with E-state index in [2.05, 4.69) is 35.1 Å². The Morgan fingerprint density at radius 3 is 1.14 bits per heavy atom. The van der Waals surface area contributed by atoms with Gasteiger partial charge in [-0.15, -0.1) is 0 Å². The molecule has 0 heterocycles. The van der Waals surface area contributed by atoms with E-state index >= 15 is 0 Å². The molecule has 0 aliphatic carbocycles. The van der Waals surface area contributed by atoms with Crippen LogP contribution in [0.15, 0.2) is 0 Å². The van der Waals surface area contributed by atoms with E-state index in [9.17, 15) is 0 Å². The Morgan fingerprint density at radius 2 is 1.14 bits per heavy atom. The summed E-state index contributed by atoms with van der Waals surface area (Å²) in [5.74, 6) is 0. The fraction of sp³-hybridized carbons (Fsp3) is 1.00. The van der Waals surface area contributed by atoms with E-state index in [1.807, 2.05) is 0 Å². The van der Waals surface area contributed by atoms with Gasteiger partial charge in [-0.05, 0) is 0 Å². The van der Waals surface area contributed by atoms with Crippen LogP contribution in [0.5, 0.6) is 0 Å². The van der Waals surface area contributed by atoms with Crippen molar-refractivity contribution in [3.05, 3.63) is 0 Å². The van der Waals surface area contributed by atoms with Crippen LogP contribution in [0.2, 0.25) is 0 Å². The number of nitrogens with zero attached hydrogens (tertiary/aromatic N) is 2. The van der Waals surface area contributed by atoms with Crippen LogP contribution in [0.4, 0.5) is 0 Å². The van der Waals surface area contributed by atoms with E-state index in [1.165, 1.54) is 0 Å². The second-order valence-electron chi connectivity index (χ2n) is 1.71. The van der Waals surface area contributed by atoms with Crippen molar-refractivity contribution in [1.82, 2.24) is 6.92 Å². The first kappa shape index (κ1) is 7.61. The minimum absolute atomic E-state index is 0.269. The van der Waals surface area contributed by atoms with Crippen molar-refractivity contribution in [3.63, 3.8) is 0 Å². The fourth-order valence-corrected chi connectivity index (χ4v) is 2.67. The topological polar surface area (TPSA) is 6.48 Å². The summed E-state index contributed by atoms with van der Waals surface area (Å²) in [7, 11) is 8.52. The summed E-state index contributed by atoms with van der Waals surface area (Å²) in [6.45, 7) is 0. The van der Waals surface area contributed by atoms with Crippen molar-refractivity contribution in [2.75, 3.05) is 28.2 Å². The van der Waals surface area contributed by atoms with E-state index < -0.39 is 0 Å². The minimum atomic E-state index is -0.269. The molecule has 0 aliphatic heterocycles. The molecule has 3 heteroatoms. The van der Waals surface area contributed by atoms with Gasteiger partial charge in [-0.2, -0.15) is 0 Å². The van der Waals surface area contributed by atoms with Crippen LogP contribution >= 0.6 is 0 Å². The molecule has 0 N–H and O–H groups in total. The molecule has 0 bridgehead atoms. The second-order valence-corrected chi connectivity index (χ2v) is 7.54. The van der Waals surface area contributed by atoms with Gasteiger partial charge in [0.1, 0.15) is 0 Å². The Hall–Kier alpha value is 0.608. The van der Waals surface area contributed by atoms with Gasteiger partial charge in [-0.25, -0.2) is 0 Å². The molecule has 0 atom stereocenters. The second kappa shape index (κ2) is 3.59. The Morgan fingerprint density at radius 1 is 0.857 bits per heavy atom. The first-order chi connectivity index (χ1) is 3.13. The van der Waals surface area contributed by atoms with E-state index in [0.717, 1.165) is 0 Å². The molecule has 40 valence electrons. The normalized spacial score (nSPS) is 10.0. The molecular weight excluding hydrogens is 260 g/mol. The van der Waals surface area contributed by atoms with Gasteiger partial charge < -0.3 is 0 Å². The molecule has 0 radical (unpaired) electrons. The fourth-order valence-electron chi connectivity index (χ4n) is 0.327. The Labute approximate surface area is 54.6 Å². The van der Waals surface area contributed by atoms with Crippen LogP contribution in [0, 0.1) is 0 Å². The Kier molecular flexibility index (Phi) is 3.90. The van der Waals surface area contributed by atoms with Crippen molar-refractivity contribution < 1.29 is 19.1 Å². The number of hydrogen-bond acceptors (Lipinski definition) is 2. The number of hydrogen-bond donors (Lipinski definition) is 0. The first-order valence-corrected chi connectivity index (χ1v) is 4.78. The summed E-state index contributed by atoms with van der Waals surface area (Å²) in [4.78, 5) is 0. The predicted octanol–water partition coefficient (Wildman–Crippen LogP) is 0.0221. The molecule has 0 rings (SSSR count). The van der Waals surface area contributed by atoms with E-state index in [0.29, 0.717) is 0 Å². The average molecular weight is 272 g/mol. The Bertz CT molecular complexity index is 39.0. The zero-order valence-electron chi connectivity index (χ0n) is 5.30. The van der Waals surface area contributed by atoms with Crippen molar-refractivity contribution in [3.8, 4) is 0 Å². The van der Waals surface area contributed by atoms with Crippen LogP contribution < -0.4 is 0 Å². The molecule has 0 aromatic rings. The van der Waals surface area contributed by atoms with Gasteiger partial charge in [0.2, 0.25) is 0 Å². The van der Waals surface area contributed by atoms with Gasteiger partial charge in [0.05, 0.1) is 0 Å². The van der Waals surface area contributed by atoms with Crippen LogP contribution in [-0.2, 0) is 19.1 Å². The van der Waals surface area contributed by atoms with Gasteiger partial charge in [-0.3, -0.25) is 0 Å². The molecule has 2 nitrogen and oxygen atoms in total.